The summed E-state index contributed by atoms with van der Waals surface area (Å²) in [4.78, 5) is 6.62. The van der Waals surface area contributed by atoms with E-state index >= 15 is 0 Å². The van der Waals surface area contributed by atoms with Gasteiger partial charge in [0.2, 0.25) is 0 Å². The van der Waals surface area contributed by atoms with Crippen molar-refractivity contribution in [2.24, 2.45) is 0 Å². The van der Waals surface area contributed by atoms with Gasteiger partial charge in [-0.2, -0.15) is 0 Å². The molecule has 0 saturated carbocycles. The second-order valence-electron chi connectivity index (χ2n) is 5.17. The van der Waals surface area contributed by atoms with E-state index in [2.05, 4.69) is 43.1 Å². The van der Waals surface area contributed by atoms with Crippen LogP contribution in [0.1, 0.15) is 50.5 Å². The van der Waals surface area contributed by atoms with Gasteiger partial charge in [-0.15, -0.1) is 0 Å². The van der Waals surface area contributed by atoms with E-state index in [0.717, 1.165) is 10.6 Å². The highest BCUT2D eigenvalue weighted by Gasteiger charge is 2.06. The lowest BCUT2D eigenvalue weighted by Gasteiger charge is -2.09. The first-order chi connectivity index (χ1) is 9.60. The standard InChI is InChI=1S/C17H21NOS/c1-4-17(19)16-10-9-15(11-18-16)20-14-7-5-13(6-8-14)12(2)3/h5-12,17,19H,4H2,1-3H3/t17-/m1/s1. The average molecular weight is 287 g/mol. The zero-order valence-corrected chi connectivity index (χ0v) is 13.0. The first-order valence-electron chi connectivity index (χ1n) is 7.02. The number of nitrogens with zero attached hydrogens (tertiary/aromatic N) is 1. The summed E-state index contributed by atoms with van der Waals surface area (Å²) in [5.74, 6) is 0.561. The third kappa shape index (κ3) is 3.84. The van der Waals surface area contributed by atoms with Gasteiger partial charge in [0.05, 0.1) is 11.8 Å². The van der Waals surface area contributed by atoms with Crippen LogP contribution in [-0.2, 0) is 0 Å². The van der Waals surface area contributed by atoms with Crippen LogP contribution in [0.3, 0.4) is 0 Å². The highest BCUT2D eigenvalue weighted by Crippen LogP contribution is 2.29. The number of hydrogen-bond acceptors (Lipinski definition) is 3. The Labute approximate surface area is 125 Å². The minimum atomic E-state index is -0.459. The van der Waals surface area contributed by atoms with Crippen LogP contribution in [0.5, 0.6) is 0 Å². The summed E-state index contributed by atoms with van der Waals surface area (Å²) in [6.45, 7) is 6.35. The van der Waals surface area contributed by atoms with E-state index in [-0.39, 0.29) is 0 Å². The molecule has 3 heteroatoms. The maximum absolute atomic E-state index is 9.72. The normalized spacial score (nSPS) is 12.7. The third-order valence-corrected chi connectivity index (χ3v) is 4.25. The van der Waals surface area contributed by atoms with E-state index in [0.29, 0.717) is 12.3 Å². The van der Waals surface area contributed by atoms with E-state index in [1.165, 1.54) is 10.5 Å². The summed E-state index contributed by atoms with van der Waals surface area (Å²) < 4.78 is 0. The third-order valence-electron chi connectivity index (χ3n) is 3.27. The van der Waals surface area contributed by atoms with Gasteiger partial charge in [-0.1, -0.05) is 44.7 Å². The first-order valence-corrected chi connectivity index (χ1v) is 7.83. The lowest BCUT2D eigenvalue weighted by atomic mass is 10.0. The number of aliphatic hydroxyl groups is 1. The molecular formula is C17H21NOS. The molecule has 1 aromatic heterocycles. The lowest BCUT2D eigenvalue weighted by molar-refractivity contribution is 0.169. The fraction of sp³-hybridized carbons (Fsp3) is 0.353. The van der Waals surface area contributed by atoms with Crippen LogP contribution in [0, 0.1) is 0 Å². The topological polar surface area (TPSA) is 33.1 Å². The molecule has 0 saturated heterocycles. The van der Waals surface area contributed by atoms with Gasteiger partial charge in [0, 0.05) is 16.0 Å². The van der Waals surface area contributed by atoms with Crippen molar-refractivity contribution < 1.29 is 5.11 Å². The van der Waals surface area contributed by atoms with Crippen molar-refractivity contribution >= 4 is 11.8 Å². The van der Waals surface area contributed by atoms with Crippen molar-refractivity contribution in [3.05, 3.63) is 53.9 Å². The highest BCUT2D eigenvalue weighted by atomic mass is 32.2. The molecule has 1 atom stereocenters. The first kappa shape index (κ1) is 15.1. The van der Waals surface area contributed by atoms with Crippen LogP contribution in [0.15, 0.2) is 52.4 Å². The Morgan fingerprint density at radius 1 is 1.05 bits per heavy atom. The minimum absolute atomic E-state index is 0.459. The van der Waals surface area contributed by atoms with Crippen molar-refractivity contribution in [3.8, 4) is 0 Å². The molecule has 0 amide bonds. The van der Waals surface area contributed by atoms with Gasteiger partial charge in [-0.05, 0) is 42.2 Å². The molecule has 1 N–H and O–H groups in total. The zero-order valence-electron chi connectivity index (χ0n) is 12.2. The predicted octanol–water partition coefficient (Wildman–Crippen LogP) is 4.80. The van der Waals surface area contributed by atoms with Gasteiger partial charge in [0.1, 0.15) is 0 Å². The molecule has 0 spiro atoms. The molecule has 0 aliphatic heterocycles. The van der Waals surface area contributed by atoms with E-state index in [9.17, 15) is 5.11 Å². The Morgan fingerprint density at radius 3 is 2.20 bits per heavy atom. The summed E-state index contributed by atoms with van der Waals surface area (Å²) in [5, 5.41) is 9.72. The zero-order chi connectivity index (χ0) is 14.5. The fourth-order valence-corrected chi connectivity index (χ4v) is 2.70. The number of pyridine rings is 1. The van der Waals surface area contributed by atoms with Gasteiger partial charge >= 0.3 is 0 Å². The minimum Gasteiger partial charge on any atom is -0.387 e. The summed E-state index contributed by atoms with van der Waals surface area (Å²) in [7, 11) is 0. The van der Waals surface area contributed by atoms with E-state index in [1.54, 1.807) is 11.8 Å². The van der Waals surface area contributed by atoms with Gasteiger partial charge in [-0.25, -0.2) is 0 Å². The van der Waals surface area contributed by atoms with Crippen LogP contribution in [0.2, 0.25) is 0 Å². The molecule has 106 valence electrons. The molecule has 0 unspecified atom stereocenters. The number of aliphatic hydroxyl groups excluding tert-OH is 1. The number of rotatable bonds is 5. The van der Waals surface area contributed by atoms with Crippen LogP contribution in [-0.4, -0.2) is 10.1 Å². The Bertz CT molecular complexity index is 534. The Kier molecular flexibility index (Phi) is 5.21. The molecule has 1 heterocycles. The highest BCUT2D eigenvalue weighted by molar-refractivity contribution is 7.99. The molecular weight excluding hydrogens is 266 g/mol. The molecule has 0 radical (unpaired) electrons. The Balaban J connectivity index is 2.06. The smallest absolute Gasteiger partial charge is 0.0957 e. The molecule has 0 bridgehead atoms. The summed E-state index contributed by atoms with van der Waals surface area (Å²) in [6.07, 6.45) is 2.06. The lowest BCUT2D eigenvalue weighted by Crippen LogP contribution is -1.97. The van der Waals surface area contributed by atoms with Crippen LogP contribution in [0.4, 0.5) is 0 Å². The summed E-state index contributed by atoms with van der Waals surface area (Å²) >= 11 is 1.69. The number of hydrogen-bond donors (Lipinski definition) is 1. The molecule has 0 aliphatic rings. The van der Waals surface area contributed by atoms with Crippen LogP contribution < -0.4 is 0 Å². The van der Waals surface area contributed by atoms with Crippen molar-refractivity contribution in [2.75, 3.05) is 0 Å². The molecule has 2 nitrogen and oxygen atoms in total. The Hall–Kier alpha value is -1.32. The molecule has 2 rings (SSSR count). The quantitative estimate of drug-likeness (QED) is 0.857. The second kappa shape index (κ2) is 6.91. The molecule has 1 aromatic carbocycles. The molecule has 20 heavy (non-hydrogen) atoms. The number of aromatic nitrogens is 1. The SMILES string of the molecule is CC[C@@H](O)c1ccc(Sc2ccc(C(C)C)cc2)cn1. The van der Waals surface area contributed by atoms with Crippen molar-refractivity contribution in [1.82, 2.24) is 4.98 Å². The maximum Gasteiger partial charge on any atom is 0.0957 e. The molecule has 0 aliphatic carbocycles. The van der Waals surface area contributed by atoms with Gasteiger partial charge in [0.25, 0.3) is 0 Å². The van der Waals surface area contributed by atoms with Crippen molar-refractivity contribution in [1.29, 1.82) is 0 Å². The molecule has 2 aromatic rings. The fourth-order valence-electron chi connectivity index (χ4n) is 1.92. The predicted molar refractivity (Wildman–Crippen MR) is 84.1 cm³/mol. The monoisotopic (exact) mass is 287 g/mol. The van der Waals surface area contributed by atoms with E-state index < -0.39 is 6.10 Å². The summed E-state index contributed by atoms with van der Waals surface area (Å²) in [6, 6.07) is 12.6. The van der Waals surface area contributed by atoms with Gasteiger partial charge in [-0.3, -0.25) is 4.98 Å². The van der Waals surface area contributed by atoms with E-state index in [1.807, 2.05) is 25.3 Å². The second-order valence-corrected chi connectivity index (χ2v) is 6.32. The largest absolute Gasteiger partial charge is 0.387 e. The number of benzene rings is 1. The van der Waals surface area contributed by atoms with Crippen LogP contribution >= 0.6 is 11.8 Å². The van der Waals surface area contributed by atoms with Crippen LogP contribution in [0.25, 0.3) is 0 Å². The molecule has 0 fully saturated rings. The van der Waals surface area contributed by atoms with E-state index in [4.69, 9.17) is 0 Å². The average Bonchev–Trinajstić information content (AvgIpc) is 2.48. The van der Waals surface area contributed by atoms with Gasteiger partial charge < -0.3 is 5.11 Å². The van der Waals surface area contributed by atoms with Crippen molar-refractivity contribution in [2.45, 2.75) is 49.0 Å². The van der Waals surface area contributed by atoms with Crippen molar-refractivity contribution in [3.63, 3.8) is 0 Å². The Morgan fingerprint density at radius 2 is 1.70 bits per heavy atom. The summed E-state index contributed by atoms with van der Waals surface area (Å²) in [5.41, 5.74) is 2.10. The maximum atomic E-state index is 9.72. The van der Waals surface area contributed by atoms with Gasteiger partial charge in [0.15, 0.2) is 0 Å².